The van der Waals surface area contributed by atoms with Crippen molar-refractivity contribution in [2.75, 3.05) is 58.9 Å². The Balaban J connectivity index is 5.47. The van der Waals surface area contributed by atoms with Gasteiger partial charge in [0, 0.05) is 26.1 Å². The number of carbonyl (C=O) groups excluding carboxylic acids is 9. The minimum absolute atomic E-state index is 0.0346. The smallest absolute Gasteiger partial charge is 0.326 e. The van der Waals surface area contributed by atoms with E-state index in [1.165, 1.54) is 0 Å². The number of aliphatic imine (C=N–C) groups is 3. The van der Waals surface area contributed by atoms with Gasteiger partial charge in [0.05, 0.1) is 38.8 Å². The molecule has 27 N–H and O–H groups in total. The van der Waals surface area contributed by atoms with Gasteiger partial charge in [-0.3, -0.25) is 62.9 Å². The van der Waals surface area contributed by atoms with Crippen LogP contribution < -0.4 is 93.7 Å². The number of guanidine groups is 3. The highest BCUT2D eigenvalue weighted by Crippen LogP contribution is 2.05. The van der Waals surface area contributed by atoms with Gasteiger partial charge in [-0.1, -0.05) is 0 Å². The summed E-state index contributed by atoms with van der Waals surface area (Å²) in [5, 5.41) is 39.5. The Kier molecular flexibility index (Phi) is 32.7. The number of nitrogens with zero attached hydrogens (tertiary/aromatic N) is 3. The van der Waals surface area contributed by atoms with Gasteiger partial charge in [0.15, 0.2) is 17.9 Å². The van der Waals surface area contributed by atoms with Gasteiger partial charge in [-0.2, -0.15) is 0 Å². The summed E-state index contributed by atoms with van der Waals surface area (Å²) in [5.41, 5.74) is 43.1. The molecule has 33 nitrogen and oxygen atoms in total. The van der Waals surface area contributed by atoms with E-state index in [9.17, 15) is 63.0 Å². The van der Waals surface area contributed by atoms with Crippen molar-refractivity contribution in [3.05, 3.63) is 0 Å². The standard InChI is InChI=1S/C39H72N20O13/c40-12-2-1-7-25(36(71)72)59-35(70)23(9-5-15-50-39(46)47)57-29(63)19-52-27(61)17-54-34(69)24(10-11-31(65)66)58-30(64)20-55-33(68)22(8-4-14-49-38(44)45)56-28(62)18-51-26(60)16-53-32(67)21(41)6-3-13-48-37(42)43/h21-25H,1-20,40-41H2,(H,51,60)(H,52,61)(H,53,67)(H,54,69)(H,55,68)(H,56,62)(H,57,63)(H,58,64)(H,59,70)(H,65,66)(H,71,72)(H4,42,43,48)(H4,44,45,49)(H4,46,47,50)/t21-,22-,23-,24-,25-/m0/s1. The molecule has 0 heterocycles. The van der Waals surface area contributed by atoms with Crippen molar-refractivity contribution in [3.8, 4) is 0 Å². The van der Waals surface area contributed by atoms with E-state index in [0.717, 1.165) is 0 Å². The Bertz CT molecular complexity index is 1920. The SMILES string of the molecule is NCCCC[C@H](NC(=O)[C@H](CCCN=C(N)N)NC(=O)CNC(=O)CNC(=O)[C@H](CCC(=O)O)NC(=O)CNC(=O)[C@H](CCCN=C(N)N)NC(=O)CNC(=O)CNC(=O)[C@@H](N)CCCN=C(N)N)C(=O)O. The number of hydrogen-bond donors (Lipinski definition) is 19. The molecule has 406 valence electrons. The van der Waals surface area contributed by atoms with E-state index < -0.39 is 141 Å². The average molecular weight is 1030 g/mol. The van der Waals surface area contributed by atoms with Gasteiger partial charge in [-0.05, 0) is 70.8 Å². The van der Waals surface area contributed by atoms with Crippen molar-refractivity contribution in [1.29, 1.82) is 0 Å². The first-order chi connectivity index (χ1) is 33.9. The van der Waals surface area contributed by atoms with Gasteiger partial charge in [-0.25, -0.2) is 4.79 Å². The quantitative estimate of drug-likeness (QED) is 0.0155. The number of carboxylic acids is 2. The Morgan fingerprint density at radius 2 is 0.764 bits per heavy atom. The average Bonchev–Trinajstić information content (AvgIpc) is 3.31. The molecule has 0 spiro atoms. The molecule has 0 aliphatic rings. The van der Waals surface area contributed by atoms with E-state index in [0.29, 0.717) is 25.8 Å². The van der Waals surface area contributed by atoms with Crippen LogP contribution in [0.3, 0.4) is 0 Å². The predicted molar refractivity (Wildman–Crippen MR) is 258 cm³/mol. The van der Waals surface area contributed by atoms with Crippen LogP contribution in [0.4, 0.5) is 0 Å². The van der Waals surface area contributed by atoms with Crippen LogP contribution in [0.25, 0.3) is 0 Å². The minimum atomic E-state index is -1.56. The van der Waals surface area contributed by atoms with Crippen molar-refractivity contribution < 1.29 is 63.0 Å². The summed E-state index contributed by atoms with van der Waals surface area (Å²) >= 11 is 0. The van der Waals surface area contributed by atoms with Gasteiger partial charge < -0.3 is 104 Å². The molecule has 0 aromatic rings. The van der Waals surface area contributed by atoms with E-state index >= 15 is 0 Å². The lowest BCUT2D eigenvalue weighted by atomic mass is 10.1. The Hall–Kier alpha value is -8.10. The number of nitrogens with one attached hydrogen (secondary N) is 9. The number of nitrogens with two attached hydrogens (primary N) is 8. The highest BCUT2D eigenvalue weighted by molar-refractivity contribution is 5.96. The van der Waals surface area contributed by atoms with E-state index in [4.69, 9.17) is 45.9 Å². The summed E-state index contributed by atoms with van der Waals surface area (Å²) in [6.45, 7) is -2.80. The lowest BCUT2D eigenvalue weighted by Gasteiger charge is -2.21. The van der Waals surface area contributed by atoms with E-state index in [1.54, 1.807) is 0 Å². The highest BCUT2D eigenvalue weighted by atomic mass is 16.4. The van der Waals surface area contributed by atoms with Crippen LogP contribution in [-0.2, 0) is 52.7 Å². The van der Waals surface area contributed by atoms with E-state index in [-0.39, 0.29) is 76.0 Å². The van der Waals surface area contributed by atoms with Gasteiger partial charge >= 0.3 is 11.9 Å². The minimum Gasteiger partial charge on any atom is -0.481 e. The van der Waals surface area contributed by atoms with E-state index in [1.807, 2.05) is 0 Å². The molecule has 0 aromatic heterocycles. The van der Waals surface area contributed by atoms with Gasteiger partial charge in [0.25, 0.3) is 0 Å². The monoisotopic (exact) mass is 1030 g/mol. The summed E-state index contributed by atoms with van der Waals surface area (Å²) in [5.74, 6) is -11.1. The maximum Gasteiger partial charge on any atom is 0.326 e. The molecule has 9 amide bonds. The first-order valence-corrected chi connectivity index (χ1v) is 22.6. The molecule has 0 fully saturated rings. The maximum atomic E-state index is 13.2. The zero-order chi connectivity index (χ0) is 54.6. The summed E-state index contributed by atoms with van der Waals surface area (Å²) in [7, 11) is 0. The lowest BCUT2D eigenvalue weighted by molar-refractivity contribution is -0.142. The second kappa shape index (κ2) is 36.8. The molecule has 0 aromatic carbocycles. The van der Waals surface area contributed by atoms with Gasteiger partial charge in [0.2, 0.25) is 53.2 Å². The number of unbranched alkanes of at least 4 members (excludes halogenated alkanes) is 1. The topological polar surface area (TPSA) is 582 Å². The van der Waals surface area contributed by atoms with Crippen LogP contribution in [-0.4, -0.2) is 182 Å². The Morgan fingerprint density at radius 3 is 1.17 bits per heavy atom. The van der Waals surface area contributed by atoms with Crippen molar-refractivity contribution >= 4 is 83.0 Å². The second-order valence-corrected chi connectivity index (χ2v) is 15.6. The Morgan fingerprint density at radius 1 is 0.403 bits per heavy atom. The highest BCUT2D eigenvalue weighted by Gasteiger charge is 2.28. The van der Waals surface area contributed by atoms with Crippen molar-refractivity contribution in [3.63, 3.8) is 0 Å². The molecule has 0 unspecified atom stereocenters. The van der Waals surface area contributed by atoms with Crippen LogP contribution in [0.1, 0.15) is 70.6 Å². The third-order valence-electron chi connectivity index (χ3n) is 9.52. The molecule has 0 radical (unpaired) electrons. The zero-order valence-electron chi connectivity index (χ0n) is 39.9. The molecule has 33 heteroatoms. The molecule has 0 bridgehead atoms. The summed E-state index contributed by atoms with van der Waals surface area (Å²) in [6.07, 6.45) is 0.706. The van der Waals surface area contributed by atoms with Crippen LogP contribution in [0.5, 0.6) is 0 Å². The van der Waals surface area contributed by atoms with Crippen molar-refractivity contribution in [2.24, 2.45) is 60.8 Å². The van der Waals surface area contributed by atoms with Crippen LogP contribution in [0, 0.1) is 0 Å². The summed E-state index contributed by atoms with van der Waals surface area (Å²) in [4.78, 5) is 149. The van der Waals surface area contributed by atoms with Crippen LogP contribution >= 0.6 is 0 Å². The van der Waals surface area contributed by atoms with Crippen LogP contribution in [0.15, 0.2) is 15.0 Å². The molecule has 72 heavy (non-hydrogen) atoms. The fourth-order valence-electron chi connectivity index (χ4n) is 5.85. The number of carboxylic acid groups (broad SMARTS) is 2. The number of carbonyl (C=O) groups is 11. The number of amides is 9. The molecule has 5 atom stereocenters. The molecule has 0 rings (SSSR count). The molecular formula is C39H72N20O13. The van der Waals surface area contributed by atoms with Gasteiger partial charge in [0.1, 0.15) is 24.2 Å². The maximum absolute atomic E-state index is 13.2. The third kappa shape index (κ3) is 32.6. The normalized spacial score (nSPS) is 12.5. The van der Waals surface area contributed by atoms with Gasteiger partial charge in [-0.15, -0.1) is 0 Å². The first-order valence-electron chi connectivity index (χ1n) is 22.6. The summed E-state index contributed by atoms with van der Waals surface area (Å²) < 4.78 is 0. The largest absolute Gasteiger partial charge is 0.481 e. The zero-order valence-corrected chi connectivity index (χ0v) is 39.9. The summed E-state index contributed by atoms with van der Waals surface area (Å²) in [6, 6.07) is -6.40. The van der Waals surface area contributed by atoms with E-state index in [2.05, 4.69) is 62.8 Å². The van der Waals surface area contributed by atoms with Crippen molar-refractivity contribution in [1.82, 2.24) is 47.9 Å². The molecule has 0 aliphatic heterocycles. The number of hydrogen-bond acceptors (Lipinski definition) is 16. The molecule has 0 saturated carbocycles. The van der Waals surface area contributed by atoms with Crippen molar-refractivity contribution in [2.45, 2.75) is 101 Å². The molecule has 0 saturated heterocycles. The third-order valence-corrected chi connectivity index (χ3v) is 9.52. The predicted octanol–water partition coefficient (Wildman–Crippen LogP) is -9.93. The first kappa shape index (κ1) is 63.9. The molecule has 0 aliphatic carbocycles. The fraction of sp³-hybridized carbons (Fsp3) is 0.641. The number of rotatable bonds is 38. The lowest BCUT2D eigenvalue weighted by Crippen LogP contribution is -2.54. The number of aliphatic carboxylic acids is 2. The fourth-order valence-corrected chi connectivity index (χ4v) is 5.85. The molecular weight excluding hydrogens is 957 g/mol. The second-order valence-electron chi connectivity index (χ2n) is 15.6. The Labute approximate surface area is 413 Å². The van der Waals surface area contributed by atoms with Crippen LogP contribution in [0.2, 0.25) is 0 Å².